The second-order valence-electron chi connectivity index (χ2n) is 6.75. The third kappa shape index (κ3) is 3.82. The zero-order valence-electron chi connectivity index (χ0n) is 16.3. The Hall–Kier alpha value is -3.32. The molecule has 0 N–H and O–H groups in total. The molecule has 1 amide bonds. The van der Waals surface area contributed by atoms with Crippen LogP contribution in [0.2, 0.25) is 0 Å². The number of hydrogen-bond acceptors (Lipinski definition) is 6. The number of Topliss-reactive ketones (excluding diaryl/α,β-unsaturated/α-hetero) is 1. The molecule has 1 saturated heterocycles. The average Bonchev–Trinajstić information content (AvgIpc) is 3.07. The van der Waals surface area contributed by atoms with Gasteiger partial charge in [0, 0.05) is 18.7 Å². The molecule has 2 aromatic rings. The van der Waals surface area contributed by atoms with Crippen LogP contribution in [0.5, 0.6) is 17.2 Å². The van der Waals surface area contributed by atoms with Gasteiger partial charge in [0.05, 0.1) is 25.9 Å². The zero-order valence-corrected chi connectivity index (χ0v) is 16.3. The normalized spacial score (nSPS) is 17.1. The Kier molecular flexibility index (Phi) is 5.22. The maximum Gasteiger partial charge on any atom is 0.415 e. The highest BCUT2D eigenvalue weighted by Gasteiger charge is 2.31. The van der Waals surface area contributed by atoms with E-state index in [0.717, 1.165) is 11.3 Å². The number of allylic oxidation sites excluding steroid dienone is 1. The summed E-state index contributed by atoms with van der Waals surface area (Å²) in [4.78, 5) is 26.7. The molecule has 2 aliphatic rings. The van der Waals surface area contributed by atoms with E-state index in [9.17, 15) is 9.59 Å². The number of rotatable bonds is 3. The van der Waals surface area contributed by atoms with Gasteiger partial charge in [0.15, 0.2) is 5.76 Å². The van der Waals surface area contributed by atoms with Gasteiger partial charge >= 0.3 is 6.09 Å². The van der Waals surface area contributed by atoms with Crippen molar-refractivity contribution in [3.63, 3.8) is 0 Å². The van der Waals surface area contributed by atoms with Gasteiger partial charge in [0.1, 0.15) is 17.2 Å². The summed E-state index contributed by atoms with van der Waals surface area (Å²) in [7, 11) is 1.60. The van der Waals surface area contributed by atoms with Crippen molar-refractivity contribution in [3.8, 4) is 17.2 Å². The van der Waals surface area contributed by atoms with Crippen LogP contribution in [-0.2, 0) is 4.74 Å². The standard InChI is InChI=1S/C22H21NO6/c1-14-18(29-22(25)23-9-11-27-12-10-23)8-7-17-20(24)19(28-21(14)17)13-15-3-5-16(26-2)6-4-15/h3-8,13H,9-12H2,1-2H3/b19-13-. The Balaban J connectivity index is 1.54. The fourth-order valence-corrected chi connectivity index (χ4v) is 3.23. The minimum absolute atomic E-state index is 0.204. The number of hydrogen-bond donors (Lipinski definition) is 0. The smallest absolute Gasteiger partial charge is 0.415 e. The van der Waals surface area contributed by atoms with Crippen LogP contribution in [0, 0.1) is 6.92 Å². The fraction of sp³-hybridized carbons (Fsp3) is 0.273. The molecule has 0 unspecified atom stereocenters. The number of ether oxygens (including phenoxy) is 4. The highest BCUT2D eigenvalue weighted by atomic mass is 16.6. The molecule has 0 spiro atoms. The van der Waals surface area contributed by atoms with E-state index in [2.05, 4.69) is 0 Å². The van der Waals surface area contributed by atoms with Crippen molar-refractivity contribution in [2.24, 2.45) is 0 Å². The molecular formula is C22H21NO6. The molecule has 0 radical (unpaired) electrons. The van der Waals surface area contributed by atoms with Gasteiger partial charge in [-0.05, 0) is 42.8 Å². The monoisotopic (exact) mass is 395 g/mol. The number of methoxy groups -OCH3 is 1. The molecule has 4 rings (SSSR count). The van der Waals surface area contributed by atoms with Gasteiger partial charge in [0.25, 0.3) is 0 Å². The van der Waals surface area contributed by atoms with Crippen molar-refractivity contribution in [2.45, 2.75) is 6.92 Å². The molecule has 2 aliphatic heterocycles. The number of fused-ring (bicyclic) bond motifs is 1. The van der Waals surface area contributed by atoms with Crippen molar-refractivity contribution in [1.29, 1.82) is 0 Å². The summed E-state index contributed by atoms with van der Waals surface area (Å²) in [5, 5.41) is 0. The number of nitrogens with zero attached hydrogens (tertiary/aromatic N) is 1. The van der Waals surface area contributed by atoms with Gasteiger partial charge in [0.2, 0.25) is 5.78 Å². The molecule has 7 heteroatoms. The molecule has 0 saturated carbocycles. The molecular weight excluding hydrogens is 374 g/mol. The molecule has 0 aromatic heterocycles. The van der Waals surface area contributed by atoms with E-state index >= 15 is 0 Å². The zero-order chi connectivity index (χ0) is 20.4. The first kappa shape index (κ1) is 19.0. The summed E-state index contributed by atoms with van der Waals surface area (Å²) in [6, 6.07) is 10.6. The highest BCUT2D eigenvalue weighted by molar-refractivity contribution is 6.15. The lowest BCUT2D eigenvalue weighted by Crippen LogP contribution is -2.42. The predicted octanol–water partition coefficient (Wildman–Crippen LogP) is 3.45. The molecule has 2 aromatic carbocycles. The Morgan fingerprint density at radius 2 is 1.83 bits per heavy atom. The van der Waals surface area contributed by atoms with Crippen LogP contribution in [-0.4, -0.2) is 50.2 Å². The van der Waals surface area contributed by atoms with Crippen molar-refractivity contribution >= 4 is 18.0 Å². The van der Waals surface area contributed by atoms with Gasteiger partial charge in [-0.25, -0.2) is 4.79 Å². The van der Waals surface area contributed by atoms with Gasteiger partial charge in [-0.1, -0.05) is 12.1 Å². The number of morpholine rings is 1. The first-order chi connectivity index (χ1) is 14.1. The summed E-state index contributed by atoms with van der Waals surface area (Å²) in [5.74, 6) is 1.55. The van der Waals surface area contributed by atoms with Crippen molar-refractivity contribution in [3.05, 3.63) is 58.8 Å². The van der Waals surface area contributed by atoms with E-state index in [-0.39, 0.29) is 11.5 Å². The summed E-state index contributed by atoms with van der Waals surface area (Å²) in [6.45, 7) is 3.74. The lowest BCUT2D eigenvalue weighted by atomic mass is 10.1. The second-order valence-corrected chi connectivity index (χ2v) is 6.75. The summed E-state index contributed by atoms with van der Waals surface area (Å²) >= 11 is 0. The number of benzene rings is 2. The quantitative estimate of drug-likeness (QED) is 0.741. The van der Waals surface area contributed by atoms with E-state index in [1.807, 2.05) is 24.3 Å². The summed E-state index contributed by atoms with van der Waals surface area (Å²) in [6.07, 6.45) is 1.25. The molecule has 150 valence electrons. The SMILES string of the molecule is COc1ccc(/C=C2\Oc3c(ccc(OC(=O)N4CCOCC4)c3C)C2=O)cc1. The first-order valence-electron chi connectivity index (χ1n) is 9.33. The average molecular weight is 395 g/mol. The van der Waals surface area contributed by atoms with Crippen LogP contribution < -0.4 is 14.2 Å². The lowest BCUT2D eigenvalue weighted by Gasteiger charge is -2.26. The predicted molar refractivity (Wildman–Crippen MR) is 106 cm³/mol. The minimum Gasteiger partial charge on any atom is -0.497 e. The summed E-state index contributed by atoms with van der Waals surface area (Å²) < 4.78 is 21.8. The number of carbonyl (C=O) groups is 2. The third-order valence-electron chi connectivity index (χ3n) is 4.92. The maximum absolute atomic E-state index is 12.7. The van der Waals surface area contributed by atoms with E-state index in [1.54, 1.807) is 37.1 Å². The van der Waals surface area contributed by atoms with Crippen LogP contribution in [0.1, 0.15) is 21.5 Å². The Labute approximate surface area is 168 Å². The molecule has 1 fully saturated rings. The van der Waals surface area contributed by atoms with Gasteiger partial charge < -0.3 is 23.8 Å². The minimum atomic E-state index is -0.435. The fourth-order valence-electron chi connectivity index (χ4n) is 3.23. The largest absolute Gasteiger partial charge is 0.497 e. The van der Waals surface area contributed by atoms with E-state index in [0.29, 0.717) is 48.9 Å². The molecule has 29 heavy (non-hydrogen) atoms. The first-order valence-corrected chi connectivity index (χ1v) is 9.33. The van der Waals surface area contributed by atoms with Crippen LogP contribution >= 0.6 is 0 Å². The van der Waals surface area contributed by atoms with Crippen LogP contribution in [0.4, 0.5) is 4.79 Å². The van der Waals surface area contributed by atoms with Gasteiger partial charge in [-0.15, -0.1) is 0 Å². The van der Waals surface area contributed by atoms with Crippen LogP contribution in [0.3, 0.4) is 0 Å². The molecule has 7 nitrogen and oxygen atoms in total. The van der Waals surface area contributed by atoms with Crippen LogP contribution in [0.15, 0.2) is 42.2 Å². The molecule has 0 aliphatic carbocycles. The maximum atomic E-state index is 12.7. The van der Waals surface area contributed by atoms with Crippen molar-refractivity contribution in [2.75, 3.05) is 33.4 Å². The molecule has 0 bridgehead atoms. The third-order valence-corrected chi connectivity index (χ3v) is 4.92. The van der Waals surface area contributed by atoms with E-state index in [4.69, 9.17) is 18.9 Å². The lowest BCUT2D eigenvalue weighted by molar-refractivity contribution is 0.0415. The van der Waals surface area contributed by atoms with E-state index in [1.165, 1.54) is 0 Å². The molecule has 2 heterocycles. The summed E-state index contributed by atoms with van der Waals surface area (Å²) in [5.41, 5.74) is 1.88. The molecule has 0 atom stereocenters. The van der Waals surface area contributed by atoms with E-state index < -0.39 is 6.09 Å². The van der Waals surface area contributed by atoms with Gasteiger partial charge in [-0.2, -0.15) is 0 Å². The number of amides is 1. The second kappa shape index (κ2) is 7.97. The highest BCUT2D eigenvalue weighted by Crippen LogP contribution is 2.39. The van der Waals surface area contributed by atoms with Crippen molar-refractivity contribution in [1.82, 2.24) is 4.90 Å². The number of carbonyl (C=O) groups excluding carboxylic acids is 2. The topological polar surface area (TPSA) is 74.3 Å². The van der Waals surface area contributed by atoms with Gasteiger partial charge in [-0.3, -0.25) is 4.79 Å². The Morgan fingerprint density at radius 3 is 2.52 bits per heavy atom. The number of ketones is 1. The Morgan fingerprint density at radius 1 is 1.10 bits per heavy atom. The van der Waals surface area contributed by atoms with Crippen molar-refractivity contribution < 1.29 is 28.5 Å². The van der Waals surface area contributed by atoms with Crippen LogP contribution in [0.25, 0.3) is 6.08 Å². The Bertz CT molecular complexity index is 974.